The van der Waals surface area contributed by atoms with Gasteiger partial charge in [-0.2, -0.15) is 0 Å². The quantitative estimate of drug-likeness (QED) is 0.352. The molecule has 1 saturated carbocycles. The van der Waals surface area contributed by atoms with E-state index in [-0.39, 0.29) is 35.9 Å². The highest BCUT2D eigenvalue weighted by atomic mass is 35.5. The van der Waals surface area contributed by atoms with Crippen molar-refractivity contribution < 1.29 is 19.1 Å². The van der Waals surface area contributed by atoms with Gasteiger partial charge in [0, 0.05) is 47.2 Å². The van der Waals surface area contributed by atoms with E-state index in [0.717, 1.165) is 48.9 Å². The summed E-state index contributed by atoms with van der Waals surface area (Å²) in [5, 5.41) is 1.13. The van der Waals surface area contributed by atoms with Crippen LogP contribution in [0.1, 0.15) is 81.6 Å². The summed E-state index contributed by atoms with van der Waals surface area (Å²) in [5.74, 6) is 0.134. The molecule has 2 bridgehead atoms. The molecule has 3 atom stereocenters. The molecule has 230 valence electrons. The van der Waals surface area contributed by atoms with E-state index in [2.05, 4.69) is 4.90 Å². The molecule has 4 fully saturated rings. The molecule has 3 saturated heterocycles. The number of likely N-dealkylation sites (tertiary alicyclic amines) is 3. The van der Waals surface area contributed by atoms with Gasteiger partial charge in [0.15, 0.2) is 0 Å². The number of hydrogen-bond acceptors (Lipinski definition) is 4. The Labute approximate surface area is 264 Å². The highest BCUT2D eigenvalue weighted by Crippen LogP contribution is 2.37. The van der Waals surface area contributed by atoms with Crippen LogP contribution in [0.25, 0.3) is 11.1 Å². The van der Waals surface area contributed by atoms with Gasteiger partial charge in [-0.25, -0.2) is 4.79 Å². The molecule has 0 radical (unpaired) electrons. The van der Waals surface area contributed by atoms with Crippen molar-refractivity contribution in [3.05, 3.63) is 57.6 Å². The minimum absolute atomic E-state index is 0.00338. The molecular weight excluding hydrogens is 585 g/mol. The maximum absolute atomic E-state index is 13.4. The first kappa shape index (κ1) is 30.3. The van der Waals surface area contributed by atoms with Crippen LogP contribution in [0.5, 0.6) is 0 Å². The van der Waals surface area contributed by atoms with Gasteiger partial charge in [-0.15, -0.1) is 0 Å². The van der Waals surface area contributed by atoms with Crippen LogP contribution in [0.4, 0.5) is 4.79 Å². The van der Waals surface area contributed by atoms with Crippen molar-refractivity contribution in [2.45, 2.75) is 95.9 Å². The Kier molecular flexibility index (Phi) is 8.42. The van der Waals surface area contributed by atoms with Crippen molar-refractivity contribution in [3.8, 4) is 11.1 Å². The molecule has 43 heavy (non-hydrogen) atoms. The van der Waals surface area contributed by atoms with Crippen molar-refractivity contribution in [2.75, 3.05) is 19.6 Å². The second-order valence-electron chi connectivity index (χ2n) is 13.6. The Morgan fingerprint density at radius 3 is 2.09 bits per heavy atom. The molecule has 6 rings (SSSR count). The third-order valence-corrected chi connectivity index (χ3v) is 10.2. The van der Waals surface area contributed by atoms with Crippen molar-refractivity contribution in [3.63, 3.8) is 0 Å². The number of carbonyl (C=O) groups is 3. The third-order valence-electron chi connectivity index (χ3n) is 9.55. The fraction of sp³-hybridized carbons (Fsp3) is 0.559. The van der Waals surface area contributed by atoms with E-state index in [1.807, 2.05) is 62.1 Å². The van der Waals surface area contributed by atoms with Gasteiger partial charge >= 0.3 is 6.09 Å². The monoisotopic (exact) mass is 625 g/mol. The van der Waals surface area contributed by atoms with Gasteiger partial charge in [-0.1, -0.05) is 54.6 Å². The van der Waals surface area contributed by atoms with Gasteiger partial charge in [0.2, 0.25) is 5.91 Å². The molecule has 9 heteroatoms. The van der Waals surface area contributed by atoms with E-state index in [4.69, 9.17) is 27.9 Å². The first-order valence-corrected chi connectivity index (χ1v) is 16.4. The number of rotatable bonds is 5. The van der Waals surface area contributed by atoms with E-state index >= 15 is 0 Å². The van der Waals surface area contributed by atoms with Crippen molar-refractivity contribution >= 4 is 41.1 Å². The summed E-state index contributed by atoms with van der Waals surface area (Å²) in [4.78, 5) is 44.9. The summed E-state index contributed by atoms with van der Waals surface area (Å²) in [6.45, 7) is 7.42. The minimum atomic E-state index is -0.546. The van der Waals surface area contributed by atoms with Crippen LogP contribution in [-0.4, -0.2) is 76.0 Å². The number of fused-ring (bicyclic) bond motifs is 2. The number of amides is 3. The van der Waals surface area contributed by atoms with Gasteiger partial charge in [0.1, 0.15) is 5.60 Å². The van der Waals surface area contributed by atoms with Crippen molar-refractivity contribution in [1.82, 2.24) is 14.7 Å². The summed E-state index contributed by atoms with van der Waals surface area (Å²) < 4.78 is 5.55. The molecule has 7 nitrogen and oxygen atoms in total. The average Bonchev–Trinajstić information content (AvgIpc) is 3.69. The van der Waals surface area contributed by atoms with E-state index in [9.17, 15) is 14.4 Å². The zero-order chi connectivity index (χ0) is 30.5. The Hall–Kier alpha value is -2.77. The van der Waals surface area contributed by atoms with Crippen LogP contribution in [0, 0.1) is 5.92 Å². The van der Waals surface area contributed by atoms with Crippen LogP contribution >= 0.6 is 23.2 Å². The number of hydrogen-bond donors (Lipinski definition) is 0. The molecule has 0 spiro atoms. The lowest BCUT2D eigenvalue weighted by Crippen LogP contribution is -2.51. The minimum Gasteiger partial charge on any atom is -0.444 e. The lowest BCUT2D eigenvalue weighted by Gasteiger charge is -2.35. The molecular formula is C34H41Cl2N3O4. The molecule has 0 N–H and O–H groups in total. The fourth-order valence-corrected chi connectivity index (χ4v) is 7.99. The number of carbonyl (C=O) groups excluding carboxylic acids is 3. The molecule has 0 aromatic heterocycles. The Bertz CT molecular complexity index is 1380. The zero-order valence-electron chi connectivity index (χ0n) is 25.3. The lowest BCUT2D eigenvalue weighted by atomic mass is 9.93. The van der Waals surface area contributed by atoms with Crippen LogP contribution in [0.15, 0.2) is 36.4 Å². The third kappa shape index (κ3) is 6.26. The summed E-state index contributed by atoms with van der Waals surface area (Å²) in [7, 11) is 0. The molecule has 3 aliphatic heterocycles. The number of piperazine rings is 1. The smallest absolute Gasteiger partial charge is 0.410 e. The summed E-state index contributed by atoms with van der Waals surface area (Å²) in [5.41, 5.74) is 2.66. The molecule has 1 aliphatic carbocycles. The predicted octanol–water partition coefficient (Wildman–Crippen LogP) is 7.22. The van der Waals surface area contributed by atoms with Crippen LogP contribution in [-0.2, 0) is 16.0 Å². The van der Waals surface area contributed by atoms with E-state index < -0.39 is 5.60 Å². The van der Waals surface area contributed by atoms with Gasteiger partial charge in [0.05, 0.1) is 12.1 Å². The number of ether oxygens (including phenoxy) is 1. The SMILES string of the molecule is CC(C)(C)OC(=O)N1CC2CC1CN2C(=O)c1ccc(-c2cc(Cl)c(CC3CCN(C4CCCCC4)C3=O)c(Cl)c2)cc1. The molecule has 3 amide bonds. The van der Waals surface area contributed by atoms with Gasteiger partial charge in [-0.05, 0) is 93.8 Å². The average molecular weight is 627 g/mol. The molecule has 2 aromatic rings. The van der Waals surface area contributed by atoms with E-state index in [1.54, 1.807) is 4.90 Å². The summed E-state index contributed by atoms with van der Waals surface area (Å²) in [6, 6.07) is 11.7. The highest BCUT2D eigenvalue weighted by molar-refractivity contribution is 6.36. The van der Waals surface area contributed by atoms with Gasteiger partial charge in [-0.3, -0.25) is 9.59 Å². The second-order valence-corrected chi connectivity index (χ2v) is 14.5. The van der Waals surface area contributed by atoms with Gasteiger partial charge in [0.25, 0.3) is 5.91 Å². The summed E-state index contributed by atoms with van der Waals surface area (Å²) >= 11 is 13.5. The normalized spacial score (nSPS) is 24.3. The molecule has 2 aromatic carbocycles. The van der Waals surface area contributed by atoms with Gasteiger partial charge < -0.3 is 19.4 Å². The lowest BCUT2D eigenvalue weighted by molar-refractivity contribution is -0.133. The largest absolute Gasteiger partial charge is 0.444 e. The van der Waals surface area contributed by atoms with E-state index in [1.165, 1.54) is 19.3 Å². The Balaban J connectivity index is 1.09. The number of nitrogens with zero attached hydrogens (tertiary/aromatic N) is 3. The van der Waals surface area contributed by atoms with Crippen molar-refractivity contribution in [1.29, 1.82) is 0 Å². The summed E-state index contributed by atoms with van der Waals surface area (Å²) in [6.07, 6.45) is 7.79. The maximum Gasteiger partial charge on any atom is 0.410 e. The van der Waals surface area contributed by atoms with Crippen molar-refractivity contribution in [2.24, 2.45) is 5.92 Å². The standard InChI is InChI=1S/C34H41Cl2N3O4/c1-34(2,3)43-33(42)39-20-26-18-27(39)19-38(26)31(40)22-11-9-21(10-12-22)24-16-29(35)28(30(36)17-24)15-23-13-14-37(32(23)41)25-7-5-4-6-8-25/h9-12,16-17,23,25-27H,4-8,13-15,18-20H2,1-3H3. The van der Waals surface area contributed by atoms with Crippen LogP contribution < -0.4 is 0 Å². The highest BCUT2D eigenvalue weighted by Gasteiger charge is 2.48. The van der Waals surface area contributed by atoms with E-state index in [0.29, 0.717) is 41.2 Å². The van der Waals surface area contributed by atoms with Crippen LogP contribution in [0.3, 0.4) is 0 Å². The maximum atomic E-state index is 13.4. The Morgan fingerprint density at radius 2 is 1.49 bits per heavy atom. The topological polar surface area (TPSA) is 70.2 Å². The predicted molar refractivity (Wildman–Crippen MR) is 168 cm³/mol. The first-order chi connectivity index (χ1) is 20.5. The zero-order valence-corrected chi connectivity index (χ0v) is 26.8. The second kappa shape index (κ2) is 12.0. The molecule has 3 unspecified atom stereocenters. The molecule has 4 aliphatic rings. The number of benzene rings is 2. The fourth-order valence-electron chi connectivity index (χ4n) is 7.35. The Morgan fingerprint density at radius 1 is 0.860 bits per heavy atom. The number of halogens is 2. The first-order valence-electron chi connectivity index (χ1n) is 15.7. The molecule has 3 heterocycles. The van der Waals surface area contributed by atoms with Crippen LogP contribution in [0.2, 0.25) is 10.0 Å².